The molecule has 0 fully saturated rings. The average molecular weight is 318 g/mol. The minimum Gasteiger partial charge on any atom is -0.130 e. The van der Waals surface area contributed by atoms with Crippen LogP contribution >= 0.6 is 0 Å². The molecule has 24 heavy (non-hydrogen) atoms. The molecule has 0 unspecified atom stereocenters. The van der Waals surface area contributed by atoms with Gasteiger partial charge in [-0.1, -0.05) is 35.4 Å². The molecule has 4 rings (SSSR count). The third-order valence-electron chi connectivity index (χ3n) is 3.56. The fourth-order valence-corrected chi connectivity index (χ4v) is 2.18. The van der Waals surface area contributed by atoms with Gasteiger partial charge in [-0.05, 0) is 48.5 Å². The van der Waals surface area contributed by atoms with Crippen LogP contribution in [0.15, 0.2) is 48.5 Å². The van der Waals surface area contributed by atoms with Gasteiger partial charge in [0, 0.05) is 0 Å². The third kappa shape index (κ3) is 2.65. The quantitative estimate of drug-likeness (QED) is 0.573. The summed E-state index contributed by atoms with van der Waals surface area (Å²) in [5, 5.41) is 24.7. The maximum Gasteiger partial charge on any atom is 0.246 e. The average Bonchev–Trinajstić information content (AvgIpc) is 3.25. The molecule has 2 aromatic heterocycles. The van der Waals surface area contributed by atoms with E-state index in [1.54, 1.807) is 0 Å². The van der Waals surface area contributed by atoms with Gasteiger partial charge in [0.15, 0.2) is 0 Å². The molecule has 0 aliphatic rings. The number of nitrogens with zero attached hydrogens (tertiary/aromatic N) is 8. The monoisotopic (exact) mass is 318 g/mol. The molecule has 0 saturated carbocycles. The number of hydrogen-bond donors (Lipinski definition) is 0. The van der Waals surface area contributed by atoms with Crippen molar-refractivity contribution in [2.45, 2.75) is 13.8 Å². The van der Waals surface area contributed by atoms with E-state index < -0.39 is 0 Å². The van der Waals surface area contributed by atoms with E-state index in [0.29, 0.717) is 11.6 Å². The summed E-state index contributed by atoms with van der Waals surface area (Å²) in [6, 6.07) is 15.7. The van der Waals surface area contributed by atoms with Gasteiger partial charge in [-0.15, -0.1) is 30.0 Å². The summed E-state index contributed by atoms with van der Waals surface area (Å²) in [5.41, 5.74) is 3.99. The number of benzene rings is 2. The smallest absolute Gasteiger partial charge is 0.130 e. The molecule has 0 N–H and O–H groups in total. The van der Waals surface area contributed by atoms with E-state index in [2.05, 4.69) is 30.8 Å². The highest BCUT2D eigenvalue weighted by molar-refractivity contribution is 5.41. The molecule has 0 atom stereocenters. The highest BCUT2D eigenvalue weighted by Crippen LogP contribution is 2.12. The normalized spacial score (nSPS) is 10.9. The van der Waals surface area contributed by atoms with Crippen LogP contribution < -0.4 is 0 Å². The Labute approximate surface area is 137 Å². The molecule has 0 radical (unpaired) electrons. The molecular formula is C16H14N8. The Balaban J connectivity index is 1.63. The summed E-state index contributed by atoms with van der Waals surface area (Å²) < 4.78 is 0. The van der Waals surface area contributed by atoms with Crippen LogP contribution in [0.3, 0.4) is 0 Å². The standard InChI is InChI=1S/C16H14N8/c1-11-3-7-13(8-4-11)23-19-15(17-21-23)16-18-22-24(20-16)14-9-5-12(2)6-10-14/h3-10H,1-2H3. The summed E-state index contributed by atoms with van der Waals surface area (Å²) in [6.45, 7) is 4.05. The van der Waals surface area contributed by atoms with E-state index in [0.717, 1.165) is 11.4 Å². The fraction of sp³-hybridized carbons (Fsp3) is 0.125. The van der Waals surface area contributed by atoms with Crippen molar-refractivity contribution in [2.24, 2.45) is 0 Å². The highest BCUT2D eigenvalue weighted by atomic mass is 15.6. The van der Waals surface area contributed by atoms with Gasteiger partial charge in [0.1, 0.15) is 0 Å². The maximum absolute atomic E-state index is 4.32. The molecule has 2 aromatic carbocycles. The Bertz CT molecular complexity index is 884. The van der Waals surface area contributed by atoms with Gasteiger partial charge in [0.2, 0.25) is 11.6 Å². The Morgan fingerprint density at radius 2 is 0.958 bits per heavy atom. The summed E-state index contributed by atoms with van der Waals surface area (Å²) in [6.07, 6.45) is 0. The molecule has 0 bridgehead atoms. The summed E-state index contributed by atoms with van der Waals surface area (Å²) >= 11 is 0. The van der Waals surface area contributed by atoms with Crippen molar-refractivity contribution in [2.75, 3.05) is 0 Å². The van der Waals surface area contributed by atoms with Gasteiger partial charge in [0.05, 0.1) is 11.4 Å². The molecule has 8 nitrogen and oxygen atoms in total. The fourth-order valence-electron chi connectivity index (χ4n) is 2.18. The van der Waals surface area contributed by atoms with Crippen molar-refractivity contribution >= 4 is 0 Å². The number of rotatable bonds is 3. The second-order valence-electron chi connectivity index (χ2n) is 5.48. The van der Waals surface area contributed by atoms with Crippen LogP contribution in [-0.4, -0.2) is 40.4 Å². The SMILES string of the molecule is Cc1ccc(-n2nnc(-c3nnn(-c4ccc(C)cc4)n3)n2)cc1. The Morgan fingerprint density at radius 1 is 0.583 bits per heavy atom. The van der Waals surface area contributed by atoms with E-state index in [4.69, 9.17) is 0 Å². The first-order valence-corrected chi connectivity index (χ1v) is 7.43. The molecule has 8 heteroatoms. The zero-order valence-corrected chi connectivity index (χ0v) is 13.2. The lowest BCUT2D eigenvalue weighted by molar-refractivity contribution is 0.718. The van der Waals surface area contributed by atoms with Crippen LogP contribution in [0.1, 0.15) is 11.1 Å². The van der Waals surface area contributed by atoms with Crippen molar-refractivity contribution in [3.63, 3.8) is 0 Å². The molecule has 4 aromatic rings. The third-order valence-corrected chi connectivity index (χ3v) is 3.56. The minimum atomic E-state index is 0.328. The van der Waals surface area contributed by atoms with E-state index >= 15 is 0 Å². The molecule has 0 aliphatic heterocycles. The lowest BCUT2D eigenvalue weighted by atomic mass is 10.2. The lowest BCUT2D eigenvalue weighted by Gasteiger charge is -1.98. The highest BCUT2D eigenvalue weighted by Gasteiger charge is 2.13. The Kier molecular flexibility index (Phi) is 3.34. The van der Waals surface area contributed by atoms with E-state index in [-0.39, 0.29) is 0 Å². The van der Waals surface area contributed by atoms with Crippen molar-refractivity contribution < 1.29 is 0 Å². The maximum atomic E-state index is 4.32. The number of aryl methyl sites for hydroxylation is 2. The first-order valence-electron chi connectivity index (χ1n) is 7.43. The predicted octanol–water partition coefficient (Wildman–Crippen LogP) is 1.92. The van der Waals surface area contributed by atoms with Crippen LogP contribution in [0.25, 0.3) is 23.0 Å². The summed E-state index contributed by atoms with van der Waals surface area (Å²) in [4.78, 5) is 2.89. The minimum absolute atomic E-state index is 0.328. The molecule has 0 spiro atoms. The molecule has 118 valence electrons. The second kappa shape index (κ2) is 5.65. The second-order valence-corrected chi connectivity index (χ2v) is 5.48. The largest absolute Gasteiger partial charge is 0.246 e. The van der Waals surface area contributed by atoms with Crippen LogP contribution in [0.5, 0.6) is 0 Å². The Morgan fingerprint density at radius 3 is 1.33 bits per heavy atom. The van der Waals surface area contributed by atoms with Crippen LogP contribution in [0.4, 0.5) is 0 Å². The molecule has 0 aliphatic carbocycles. The predicted molar refractivity (Wildman–Crippen MR) is 86.8 cm³/mol. The first-order chi connectivity index (χ1) is 11.7. The van der Waals surface area contributed by atoms with Gasteiger partial charge < -0.3 is 0 Å². The van der Waals surface area contributed by atoms with Gasteiger partial charge >= 0.3 is 0 Å². The number of hydrogen-bond acceptors (Lipinski definition) is 6. The van der Waals surface area contributed by atoms with Crippen LogP contribution in [0.2, 0.25) is 0 Å². The van der Waals surface area contributed by atoms with Crippen molar-refractivity contribution in [3.8, 4) is 23.0 Å². The molecule has 0 saturated heterocycles. The van der Waals surface area contributed by atoms with E-state index in [1.807, 2.05) is 62.4 Å². The van der Waals surface area contributed by atoms with Gasteiger partial charge in [-0.25, -0.2) is 0 Å². The van der Waals surface area contributed by atoms with Gasteiger partial charge in [-0.3, -0.25) is 0 Å². The van der Waals surface area contributed by atoms with Crippen LogP contribution in [-0.2, 0) is 0 Å². The van der Waals surface area contributed by atoms with E-state index in [1.165, 1.54) is 20.7 Å². The first kappa shape index (κ1) is 14.2. The number of tetrazole rings is 2. The van der Waals surface area contributed by atoms with Gasteiger partial charge in [-0.2, -0.15) is 0 Å². The Hall–Kier alpha value is -3.42. The van der Waals surface area contributed by atoms with Crippen molar-refractivity contribution in [1.82, 2.24) is 40.4 Å². The molecular weight excluding hydrogens is 304 g/mol. The van der Waals surface area contributed by atoms with Crippen LogP contribution in [0, 0.1) is 13.8 Å². The number of aromatic nitrogens is 8. The van der Waals surface area contributed by atoms with E-state index in [9.17, 15) is 0 Å². The van der Waals surface area contributed by atoms with Crippen molar-refractivity contribution in [3.05, 3.63) is 59.7 Å². The zero-order chi connectivity index (χ0) is 16.5. The van der Waals surface area contributed by atoms with Crippen molar-refractivity contribution in [1.29, 1.82) is 0 Å². The summed E-state index contributed by atoms with van der Waals surface area (Å²) in [5.74, 6) is 0.655. The molecule has 0 amide bonds. The zero-order valence-electron chi connectivity index (χ0n) is 13.2. The molecule has 2 heterocycles. The summed E-state index contributed by atoms with van der Waals surface area (Å²) in [7, 11) is 0. The van der Waals surface area contributed by atoms with Gasteiger partial charge in [0.25, 0.3) is 0 Å². The lowest BCUT2D eigenvalue weighted by Crippen LogP contribution is -1.99. The topological polar surface area (TPSA) is 87.2 Å².